The molecule has 1 rings (SSSR count). The number of hydrogen-bond donors (Lipinski definition) is 2. The fraction of sp³-hybridized carbons (Fsp3) is 0.733. The average molecular weight is 298 g/mol. The summed E-state index contributed by atoms with van der Waals surface area (Å²) in [6.07, 6.45) is 3.26. The van der Waals surface area contributed by atoms with E-state index in [0.717, 1.165) is 23.5 Å². The molecule has 1 amide bonds. The van der Waals surface area contributed by atoms with E-state index in [1.54, 1.807) is 11.3 Å². The summed E-state index contributed by atoms with van der Waals surface area (Å²) in [5.74, 6) is -0.102. The molecule has 1 unspecified atom stereocenters. The third kappa shape index (κ3) is 5.21. The number of carbonyl (C=O) groups is 1. The first kappa shape index (κ1) is 17.1. The maximum absolute atomic E-state index is 12.1. The Hall–Kier alpha value is -0.940. The van der Waals surface area contributed by atoms with Crippen molar-refractivity contribution >= 4 is 17.2 Å². The third-order valence-corrected chi connectivity index (χ3v) is 4.45. The quantitative estimate of drug-likeness (QED) is 0.773. The summed E-state index contributed by atoms with van der Waals surface area (Å²) in [6.45, 7) is 7.92. The first-order valence-electron chi connectivity index (χ1n) is 7.34. The zero-order valence-electron chi connectivity index (χ0n) is 12.9. The Bertz CT molecular complexity index is 425. The molecule has 0 bridgehead atoms. The largest absolute Gasteiger partial charge is 0.389 e. The number of nitrogens with one attached hydrogen (secondary N) is 1. The van der Waals surface area contributed by atoms with E-state index in [2.05, 4.69) is 10.3 Å². The molecule has 1 atom stereocenters. The molecule has 1 heterocycles. The van der Waals surface area contributed by atoms with Gasteiger partial charge in [-0.1, -0.05) is 26.7 Å². The Morgan fingerprint density at radius 2 is 2.05 bits per heavy atom. The van der Waals surface area contributed by atoms with Crippen LogP contribution < -0.4 is 5.32 Å². The Kier molecular flexibility index (Phi) is 6.62. The molecule has 0 aliphatic rings. The number of hydrogen-bond acceptors (Lipinski definition) is 4. The summed E-state index contributed by atoms with van der Waals surface area (Å²) in [7, 11) is 0. The van der Waals surface area contributed by atoms with Gasteiger partial charge in [0, 0.05) is 11.1 Å². The van der Waals surface area contributed by atoms with Gasteiger partial charge in [0.05, 0.1) is 18.1 Å². The van der Waals surface area contributed by atoms with E-state index < -0.39 is 5.60 Å². The predicted octanol–water partition coefficient (Wildman–Crippen LogP) is 3.35. The van der Waals surface area contributed by atoms with Crippen LogP contribution in [0.4, 0.5) is 0 Å². The van der Waals surface area contributed by atoms with Crippen molar-refractivity contribution in [1.29, 1.82) is 0 Å². The van der Waals surface area contributed by atoms with Gasteiger partial charge in [0.25, 0.3) is 0 Å². The van der Waals surface area contributed by atoms with E-state index in [9.17, 15) is 9.90 Å². The van der Waals surface area contributed by atoms with E-state index in [1.165, 1.54) is 0 Å². The summed E-state index contributed by atoms with van der Waals surface area (Å²) < 4.78 is 0. The van der Waals surface area contributed by atoms with Gasteiger partial charge in [-0.15, -0.1) is 11.3 Å². The lowest BCUT2D eigenvalue weighted by atomic mass is 9.89. The van der Waals surface area contributed by atoms with Gasteiger partial charge in [0.1, 0.15) is 5.01 Å². The van der Waals surface area contributed by atoms with Gasteiger partial charge in [-0.3, -0.25) is 4.79 Å². The fourth-order valence-electron chi connectivity index (χ4n) is 2.46. The Labute approximate surface area is 125 Å². The maximum atomic E-state index is 12.1. The molecule has 4 nitrogen and oxygen atoms in total. The Morgan fingerprint density at radius 3 is 2.50 bits per heavy atom. The minimum Gasteiger partial charge on any atom is -0.389 e. The number of aromatic nitrogens is 1. The summed E-state index contributed by atoms with van der Waals surface area (Å²) in [5, 5.41) is 16.3. The standard InChI is InChI=1S/C15H26N2O2S/c1-5-7-15(19,8-6-2)9-13(18)17-12(4)14-16-11(3)10-20-14/h10,12,19H,5-9H2,1-4H3,(H,17,18). The first-order chi connectivity index (χ1) is 9.40. The van der Waals surface area contributed by atoms with E-state index in [1.807, 2.05) is 33.1 Å². The van der Waals surface area contributed by atoms with Crippen molar-refractivity contribution in [3.8, 4) is 0 Å². The maximum Gasteiger partial charge on any atom is 0.223 e. The molecule has 0 radical (unpaired) electrons. The number of carbonyl (C=O) groups excluding carboxylic acids is 1. The average Bonchev–Trinajstić information content (AvgIpc) is 2.75. The molecule has 0 saturated carbocycles. The molecule has 20 heavy (non-hydrogen) atoms. The van der Waals surface area contributed by atoms with Crippen molar-refractivity contribution in [3.63, 3.8) is 0 Å². The molecule has 0 saturated heterocycles. The van der Waals surface area contributed by atoms with Crippen molar-refractivity contribution in [2.45, 2.75) is 71.4 Å². The molecule has 114 valence electrons. The fourth-order valence-corrected chi connectivity index (χ4v) is 3.26. The number of amides is 1. The molecular formula is C15H26N2O2S. The molecule has 0 aliphatic heterocycles. The number of thiazole rings is 1. The summed E-state index contributed by atoms with van der Waals surface area (Å²) in [6, 6.07) is -0.103. The van der Waals surface area contributed by atoms with Crippen molar-refractivity contribution in [2.24, 2.45) is 0 Å². The van der Waals surface area contributed by atoms with Crippen LogP contribution in [-0.4, -0.2) is 21.6 Å². The van der Waals surface area contributed by atoms with Gasteiger partial charge in [-0.25, -0.2) is 4.98 Å². The smallest absolute Gasteiger partial charge is 0.223 e. The van der Waals surface area contributed by atoms with Crippen LogP contribution in [-0.2, 0) is 4.79 Å². The molecule has 0 aromatic carbocycles. The van der Waals surface area contributed by atoms with Crippen LogP contribution in [0.25, 0.3) is 0 Å². The van der Waals surface area contributed by atoms with Gasteiger partial charge >= 0.3 is 0 Å². The van der Waals surface area contributed by atoms with Crippen molar-refractivity contribution < 1.29 is 9.90 Å². The van der Waals surface area contributed by atoms with Crippen LogP contribution in [0, 0.1) is 6.92 Å². The lowest BCUT2D eigenvalue weighted by Crippen LogP contribution is -2.37. The molecule has 0 fully saturated rings. The lowest BCUT2D eigenvalue weighted by Gasteiger charge is -2.27. The Balaban J connectivity index is 2.57. The second kappa shape index (κ2) is 7.74. The highest BCUT2D eigenvalue weighted by Crippen LogP contribution is 2.24. The van der Waals surface area contributed by atoms with E-state index in [0.29, 0.717) is 12.8 Å². The van der Waals surface area contributed by atoms with Crippen LogP contribution in [0.2, 0.25) is 0 Å². The topological polar surface area (TPSA) is 62.2 Å². The Morgan fingerprint density at radius 1 is 1.45 bits per heavy atom. The van der Waals surface area contributed by atoms with Gasteiger partial charge < -0.3 is 10.4 Å². The summed E-state index contributed by atoms with van der Waals surface area (Å²) in [5.41, 5.74) is 0.103. The number of aryl methyl sites for hydroxylation is 1. The summed E-state index contributed by atoms with van der Waals surface area (Å²) >= 11 is 1.55. The second-order valence-corrected chi connectivity index (χ2v) is 6.41. The van der Waals surface area contributed by atoms with Crippen LogP contribution in [0.1, 0.15) is 69.6 Å². The molecule has 1 aromatic heterocycles. The molecule has 0 aliphatic carbocycles. The highest BCUT2D eigenvalue weighted by Gasteiger charge is 2.28. The SMILES string of the molecule is CCCC(O)(CCC)CC(=O)NC(C)c1nc(C)cs1. The van der Waals surface area contributed by atoms with E-state index >= 15 is 0 Å². The second-order valence-electron chi connectivity index (χ2n) is 5.52. The highest BCUT2D eigenvalue weighted by atomic mass is 32.1. The van der Waals surface area contributed by atoms with Crippen LogP contribution in [0.3, 0.4) is 0 Å². The number of rotatable bonds is 8. The van der Waals surface area contributed by atoms with Gasteiger partial charge in [0.2, 0.25) is 5.91 Å². The van der Waals surface area contributed by atoms with Crippen LogP contribution in [0.15, 0.2) is 5.38 Å². The van der Waals surface area contributed by atoms with Crippen LogP contribution >= 0.6 is 11.3 Å². The van der Waals surface area contributed by atoms with Gasteiger partial charge in [-0.2, -0.15) is 0 Å². The monoisotopic (exact) mass is 298 g/mol. The van der Waals surface area contributed by atoms with E-state index in [-0.39, 0.29) is 18.4 Å². The normalized spacial score (nSPS) is 13.2. The van der Waals surface area contributed by atoms with Crippen molar-refractivity contribution in [3.05, 3.63) is 16.1 Å². The first-order valence-corrected chi connectivity index (χ1v) is 8.22. The minimum atomic E-state index is -0.869. The summed E-state index contributed by atoms with van der Waals surface area (Å²) in [4.78, 5) is 16.5. The van der Waals surface area contributed by atoms with E-state index in [4.69, 9.17) is 0 Å². The van der Waals surface area contributed by atoms with Gasteiger partial charge in [0.15, 0.2) is 0 Å². The zero-order valence-corrected chi connectivity index (χ0v) is 13.7. The number of aliphatic hydroxyl groups is 1. The highest BCUT2D eigenvalue weighted by molar-refractivity contribution is 7.09. The van der Waals surface area contributed by atoms with Gasteiger partial charge in [-0.05, 0) is 26.7 Å². The number of nitrogens with zero attached hydrogens (tertiary/aromatic N) is 1. The zero-order chi connectivity index (χ0) is 15.2. The molecule has 2 N–H and O–H groups in total. The van der Waals surface area contributed by atoms with Crippen molar-refractivity contribution in [2.75, 3.05) is 0 Å². The lowest BCUT2D eigenvalue weighted by molar-refractivity contribution is -0.127. The minimum absolute atomic E-state index is 0.102. The molecule has 0 spiro atoms. The van der Waals surface area contributed by atoms with Crippen LogP contribution in [0.5, 0.6) is 0 Å². The molecular weight excluding hydrogens is 272 g/mol. The molecule has 5 heteroatoms. The van der Waals surface area contributed by atoms with Crippen molar-refractivity contribution in [1.82, 2.24) is 10.3 Å². The predicted molar refractivity (Wildman–Crippen MR) is 82.8 cm³/mol. The molecule has 1 aromatic rings. The third-order valence-electron chi connectivity index (χ3n) is 3.31.